The molecule has 36 heavy (non-hydrogen) atoms. The quantitative estimate of drug-likeness (QED) is 0.356. The molecule has 11 nitrogen and oxygen atoms in total. The van der Waals surface area contributed by atoms with Crippen molar-refractivity contribution >= 4 is 29.0 Å². The summed E-state index contributed by atoms with van der Waals surface area (Å²) in [6.45, 7) is 1.27. The number of hydrogen-bond acceptors (Lipinski definition) is 8. The van der Waals surface area contributed by atoms with Crippen LogP contribution in [-0.2, 0) is 4.74 Å². The molecule has 12 heteroatoms. The van der Waals surface area contributed by atoms with Crippen LogP contribution in [0.15, 0.2) is 34.2 Å². The van der Waals surface area contributed by atoms with E-state index in [1.54, 1.807) is 23.9 Å². The summed E-state index contributed by atoms with van der Waals surface area (Å²) >= 11 is 1.40. The largest absolute Gasteiger partial charge is 0.493 e. The van der Waals surface area contributed by atoms with Gasteiger partial charge in [0, 0.05) is 24.9 Å². The first-order chi connectivity index (χ1) is 17.5. The van der Waals surface area contributed by atoms with Gasteiger partial charge in [0.05, 0.1) is 40.3 Å². The Hall–Kier alpha value is -3.77. The summed E-state index contributed by atoms with van der Waals surface area (Å²) in [5.41, 5.74) is 1.62. The Morgan fingerprint density at radius 2 is 2.19 bits per heavy atom. The van der Waals surface area contributed by atoms with Crippen LogP contribution in [0.2, 0.25) is 0 Å². The fourth-order valence-electron chi connectivity index (χ4n) is 4.52. The lowest BCUT2D eigenvalue weighted by molar-refractivity contribution is 0.0635. The number of amides is 1. The van der Waals surface area contributed by atoms with Crippen LogP contribution in [0.5, 0.6) is 5.88 Å². The maximum Gasteiger partial charge on any atom is 0.326 e. The van der Waals surface area contributed by atoms with Gasteiger partial charge in [-0.25, -0.2) is 9.78 Å². The number of imidazole rings is 1. The zero-order valence-corrected chi connectivity index (χ0v) is 20.4. The van der Waals surface area contributed by atoms with E-state index < -0.39 is 5.69 Å². The van der Waals surface area contributed by atoms with Gasteiger partial charge in [-0.15, -0.1) is 11.3 Å². The second-order valence-corrected chi connectivity index (χ2v) is 10.2. The van der Waals surface area contributed by atoms with Crippen molar-refractivity contribution in [2.45, 2.75) is 37.8 Å². The predicted octanol–water partition coefficient (Wildman–Crippen LogP) is 1.04. The lowest BCUT2D eigenvalue weighted by Gasteiger charge is -2.23. The highest BCUT2D eigenvalue weighted by Crippen LogP contribution is 2.29. The van der Waals surface area contributed by atoms with Crippen LogP contribution in [-0.4, -0.2) is 72.8 Å². The third-order valence-corrected chi connectivity index (χ3v) is 7.54. The minimum absolute atomic E-state index is 0.0139. The van der Waals surface area contributed by atoms with E-state index in [2.05, 4.69) is 15.1 Å². The smallest absolute Gasteiger partial charge is 0.326 e. The SMILES string of the molecule is COC[C@@H]1CCCN1C(=O)c1ccc(-c2cc(=NC3CC3)n3nc/c(=C\c4[nH]c(=O)[nH]c4O)c3n2)s1. The molecule has 3 N–H and O–H groups in total. The fraction of sp³-hybridized carbons (Fsp3) is 0.375. The van der Waals surface area contributed by atoms with Crippen molar-refractivity contribution in [2.75, 3.05) is 20.3 Å². The van der Waals surface area contributed by atoms with E-state index >= 15 is 0 Å². The van der Waals surface area contributed by atoms with Crippen molar-refractivity contribution in [3.05, 3.63) is 56.2 Å². The second-order valence-electron chi connectivity index (χ2n) is 9.09. The van der Waals surface area contributed by atoms with Crippen molar-refractivity contribution in [3.8, 4) is 16.5 Å². The average Bonchev–Trinajstić information content (AvgIpc) is 3.24. The fourth-order valence-corrected chi connectivity index (χ4v) is 5.45. The molecular formula is C24H25N7O4S. The number of carbonyl (C=O) groups excluding carboxylic acids is 1. The molecular weight excluding hydrogens is 482 g/mol. The van der Waals surface area contributed by atoms with Gasteiger partial charge in [0.25, 0.3) is 5.91 Å². The topological polar surface area (TPSA) is 141 Å². The number of rotatable bonds is 6. The van der Waals surface area contributed by atoms with Crippen molar-refractivity contribution in [1.82, 2.24) is 29.5 Å². The van der Waals surface area contributed by atoms with Crippen LogP contribution in [0, 0.1) is 0 Å². The number of nitrogens with one attached hydrogen (secondary N) is 2. The van der Waals surface area contributed by atoms with Gasteiger partial charge in [-0.3, -0.25) is 14.8 Å². The number of methoxy groups -OCH3 is 1. The van der Waals surface area contributed by atoms with Gasteiger partial charge in [-0.1, -0.05) is 0 Å². The van der Waals surface area contributed by atoms with Crippen LogP contribution in [0.25, 0.3) is 22.3 Å². The van der Waals surface area contributed by atoms with Gasteiger partial charge in [0.2, 0.25) is 5.88 Å². The summed E-state index contributed by atoms with van der Waals surface area (Å²) in [5.74, 6) is -0.242. The first-order valence-electron chi connectivity index (χ1n) is 11.9. The maximum absolute atomic E-state index is 13.2. The summed E-state index contributed by atoms with van der Waals surface area (Å²) in [5, 5.41) is 15.1. The second kappa shape index (κ2) is 9.03. The number of H-pyrrole nitrogens is 2. The average molecular weight is 508 g/mol. The molecule has 1 saturated heterocycles. The van der Waals surface area contributed by atoms with Gasteiger partial charge in [0.15, 0.2) is 11.1 Å². The van der Waals surface area contributed by atoms with Crippen molar-refractivity contribution in [1.29, 1.82) is 0 Å². The molecule has 1 amide bonds. The number of carbonyl (C=O) groups is 1. The zero-order chi connectivity index (χ0) is 24.8. The molecule has 2 aliphatic rings. The van der Waals surface area contributed by atoms with Crippen LogP contribution >= 0.6 is 11.3 Å². The lowest BCUT2D eigenvalue weighted by Crippen LogP contribution is -2.37. The molecule has 0 unspecified atom stereocenters. The molecule has 4 aromatic heterocycles. The molecule has 2 fully saturated rings. The highest BCUT2D eigenvalue weighted by molar-refractivity contribution is 7.17. The third-order valence-electron chi connectivity index (χ3n) is 6.44. The Kier molecular flexibility index (Phi) is 5.69. The maximum atomic E-state index is 13.2. The number of nitrogens with zero attached hydrogens (tertiary/aromatic N) is 5. The molecule has 4 aromatic rings. The summed E-state index contributed by atoms with van der Waals surface area (Å²) in [6, 6.07) is 6.02. The summed E-state index contributed by atoms with van der Waals surface area (Å²) in [4.78, 5) is 42.7. The summed E-state index contributed by atoms with van der Waals surface area (Å²) in [7, 11) is 1.66. The number of hydrogen-bond donors (Lipinski definition) is 3. The van der Waals surface area contributed by atoms with Crippen LogP contribution in [0.4, 0.5) is 0 Å². The highest BCUT2D eigenvalue weighted by atomic mass is 32.1. The van der Waals surface area contributed by atoms with Crippen molar-refractivity contribution in [3.63, 3.8) is 0 Å². The Morgan fingerprint density at radius 3 is 2.94 bits per heavy atom. The Morgan fingerprint density at radius 1 is 1.33 bits per heavy atom. The third kappa shape index (κ3) is 4.22. The van der Waals surface area contributed by atoms with Gasteiger partial charge >= 0.3 is 5.69 Å². The monoisotopic (exact) mass is 507 g/mol. The van der Waals surface area contributed by atoms with E-state index in [1.807, 2.05) is 23.1 Å². The normalized spacial score (nSPS) is 19.1. The van der Waals surface area contributed by atoms with Crippen LogP contribution in [0.3, 0.4) is 0 Å². The molecule has 0 bridgehead atoms. The first kappa shape index (κ1) is 22.7. The standard InChI is InChI=1S/C24H25N7O4S/c1-35-12-15-3-2-8-30(15)23(33)19-7-6-18(36-19)16-10-20(26-14-4-5-14)31-21(27-16)13(11-25-31)9-17-22(32)29-24(34)28-17/h6-7,9-11,14-15,32H,2-5,8,12H2,1H3,(H2,28,29,34)/b13-9+,26-20?/t15-/m0/s1. The predicted molar refractivity (Wildman–Crippen MR) is 133 cm³/mol. The molecule has 1 aliphatic heterocycles. The van der Waals surface area contributed by atoms with Crippen LogP contribution in [0.1, 0.15) is 41.0 Å². The number of fused-ring (bicyclic) bond motifs is 1. The molecule has 1 saturated carbocycles. The van der Waals surface area contributed by atoms with E-state index in [0.717, 1.165) is 37.1 Å². The Balaban J connectivity index is 1.42. The van der Waals surface area contributed by atoms with E-state index in [4.69, 9.17) is 14.7 Å². The van der Waals surface area contributed by atoms with E-state index in [-0.39, 0.29) is 29.6 Å². The minimum atomic E-state index is -0.505. The molecule has 0 aromatic carbocycles. The summed E-state index contributed by atoms with van der Waals surface area (Å²) in [6.07, 6.45) is 7.23. The molecule has 6 rings (SSSR count). The molecule has 1 aliphatic carbocycles. The lowest BCUT2D eigenvalue weighted by atomic mass is 10.2. The number of thiophene rings is 1. The van der Waals surface area contributed by atoms with E-state index in [1.165, 1.54) is 11.3 Å². The van der Waals surface area contributed by atoms with Gasteiger partial charge in [0.1, 0.15) is 5.69 Å². The number of aromatic amines is 2. The Bertz CT molecular complexity index is 1630. The van der Waals surface area contributed by atoms with Crippen molar-refractivity contribution in [2.24, 2.45) is 4.99 Å². The molecule has 1 atom stereocenters. The summed E-state index contributed by atoms with van der Waals surface area (Å²) < 4.78 is 6.96. The van der Waals surface area contributed by atoms with Gasteiger partial charge in [-0.05, 0) is 43.9 Å². The number of ether oxygens (including phenoxy) is 1. The van der Waals surface area contributed by atoms with Crippen LogP contribution < -0.4 is 16.4 Å². The number of aromatic nitrogens is 5. The molecule has 0 spiro atoms. The first-order valence-corrected chi connectivity index (χ1v) is 12.7. The number of aromatic hydroxyl groups is 1. The van der Waals surface area contributed by atoms with Gasteiger partial charge in [-0.2, -0.15) is 9.61 Å². The Labute approximate surface area is 208 Å². The highest BCUT2D eigenvalue weighted by Gasteiger charge is 2.30. The van der Waals surface area contributed by atoms with Gasteiger partial charge < -0.3 is 19.7 Å². The van der Waals surface area contributed by atoms with E-state index in [0.29, 0.717) is 33.5 Å². The minimum Gasteiger partial charge on any atom is -0.493 e. The molecule has 5 heterocycles. The molecule has 0 radical (unpaired) electrons. The van der Waals surface area contributed by atoms with E-state index in [9.17, 15) is 14.7 Å². The zero-order valence-electron chi connectivity index (χ0n) is 19.6. The number of likely N-dealkylation sites (tertiary alicyclic amines) is 1. The molecule has 186 valence electrons. The van der Waals surface area contributed by atoms with Crippen molar-refractivity contribution < 1.29 is 14.6 Å².